The highest BCUT2D eigenvalue weighted by molar-refractivity contribution is 5.83. The molecule has 7 heteroatoms. The Morgan fingerprint density at radius 2 is 2.21 bits per heavy atom. The standard InChI is InChI=1S/C12H20N2O5/c15-9-5-10(11(16)17)14(6-9)12(18)13-3-1-8-2-4-19-7-8/h8-10,15H,1-7H2,(H,13,18)(H,16,17). The molecular weight excluding hydrogens is 252 g/mol. The zero-order valence-corrected chi connectivity index (χ0v) is 10.7. The van der Waals surface area contributed by atoms with Gasteiger partial charge < -0.3 is 25.2 Å². The number of likely N-dealkylation sites (tertiary alicyclic amines) is 1. The summed E-state index contributed by atoms with van der Waals surface area (Å²) in [4.78, 5) is 24.1. The van der Waals surface area contributed by atoms with Crippen molar-refractivity contribution in [3.05, 3.63) is 0 Å². The van der Waals surface area contributed by atoms with Crippen molar-refractivity contribution in [2.24, 2.45) is 5.92 Å². The summed E-state index contributed by atoms with van der Waals surface area (Å²) in [6.45, 7) is 2.09. The van der Waals surface area contributed by atoms with Crippen LogP contribution in [-0.2, 0) is 9.53 Å². The van der Waals surface area contributed by atoms with Crippen LogP contribution in [0.3, 0.4) is 0 Å². The summed E-state index contributed by atoms with van der Waals surface area (Å²) in [5.74, 6) is -0.601. The van der Waals surface area contributed by atoms with Gasteiger partial charge in [-0.25, -0.2) is 9.59 Å². The highest BCUT2D eigenvalue weighted by Crippen LogP contribution is 2.19. The smallest absolute Gasteiger partial charge is 0.326 e. The van der Waals surface area contributed by atoms with Gasteiger partial charge in [0, 0.05) is 32.7 Å². The molecule has 0 bridgehead atoms. The lowest BCUT2D eigenvalue weighted by molar-refractivity contribution is -0.141. The van der Waals surface area contributed by atoms with Crippen LogP contribution in [-0.4, -0.2) is 65.6 Å². The van der Waals surface area contributed by atoms with Gasteiger partial charge in [-0.2, -0.15) is 0 Å². The third kappa shape index (κ3) is 3.57. The third-order valence-corrected chi connectivity index (χ3v) is 3.68. The summed E-state index contributed by atoms with van der Waals surface area (Å²) in [5, 5.41) is 21.2. The fraction of sp³-hybridized carbons (Fsp3) is 0.833. The number of nitrogens with zero attached hydrogens (tertiary/aromatic N) is 1. The minimum atomic E-state index is -1.07. The Kier molecular flexibility index (Phi) is 4.60. The summed E-state index contributed by atoms with van der Waals surface area (Å²) in [7, 11) is 0. The van der Waals surface area contributed by atoms with Gasteiger partial charge in [0.1, 0.15) is 6.04 Å². The van der Waals surface area contributed by atoms with E-state index in [2.05, 4.69) is 5.32 Å². The number of carbonyl (C=O) groups is 2. The molecule has 0 aromatic heterocycles. The predicted octanol–water partition coefficient (Wildman–Crippen LogP) is -0.358. The Labute approximate surface area is 111 Å². The number of aliphatic hydroxyl groups is 1. The van der Waals surface area contributed by atoms with Crippen LogP contribution >= 0.6 is 0 Å². The largest absolute Gasteiger partial charge is 0.480 e. The molecule has 2 aliphatic rings. The van der Waals surface area contributed by atoms with Gasteiger partial charge in [-0.05, 0) is 18.8 Å². The molecule has 19 heavy (non-hydrogen) atoms. The van der Waals surface area contributed by atoms with E-state index in [9.17, 15) is 14.7 Å². The number of hydrogen-bond donors (Lipinski definition) is 3. The SMILES string of the molecule is O=C(O)C1CC(O)CN1C(=O)NCCC1CCOC1. The number of carboxylic acids is 1. The fourth-order valence-corrected chi connectivity index (χ4v) is 2.57. The second kappa shape index (κ2) is 6.21. The lowest BCUT2D eigenvalue weighted by Crippen LogP contribution is -2.46. The molecule has 7 nitrogen and oxygen atoms in total. The summed E-state index contributed by atoms with van der Waals surface area (Å²) in [6.07, 6.45) is 1.19. The minimum Gasteiger partial charge on any atom is -0.480 e. The quantitative estimate of drug-likeness (QED) is 0.649. The van der Waals surface area contributed by atoms with Crippen LogP contribution in [0.2, 0.25) is 0 Å². The average Bonchev–Trinajstić information content (AvgIpc) is 2.98. The minimum absolute atomic E-state index is 0.0787. The maximum absolute atomic E-state index is 11.9. The number of aliphatic hydroxyl groups excluding tert-OH is 1. The maximum Gasteiger partial charge on any atom is 0.326 e. The van der Waals surface area contributed by atoms with E-state index >= 15 is 0 Å². The molecule has 3 atom stereocenters. The van der Waals surface area contributed by atoms with Gasteiger partial charge in [0.05, 0.1) is 6.10 Å². The molecule has 0 aliphatic carbocycles. The molecule has 108 valence electrons. The Hall–Kier alpha value is -1.34. The fourth-order valence-electron chi connectivity index (χ4n) is 2.57. The van der Waals surface area contributed by atoms with E-state index in [1.807, 2.05) is 0 Å². The van der Waals surface area contributed by atoms with E-state index in [1.165, 1.54) is 4.90 Å². The van der Waals surface area contributed by atoms with Crippen LogP contribution in [0.1, 0.15) is 19.3 Å². The Balaban J connectivity index is 1.76. The second-order valence-corrected chi connectivity index (χ2v) is 5.15. The molecule has 0 radical (unpaired) electrons. The van der Waals surface area contributed by atoms with Crippen LogP contribution in [0.15, 0.2) is 0 Å². The van der Waals surface area contributed by atoms with Gasteiger partial charge in [0.15, 0.2) is 0 Å². The Morgan fingerprint density at radius 3 is 2.84 bits per heavy atom. The predicted molar refractivity (Wildman–Crippen MR) is 65.7 cm³/mol. The molecule has 2 aliphatic heterocycles. The van der Waals surface area contributed by atoms with Crippen LogP contribution in [0.4, 0.5) is 4.79 Å². The number of aliphatic carboxylic acids is 1. The summed E-state index contributed by atoms with van der Waals surface area (Å²) in [5.41, 5.74) is 0. The topological polar surface area (TPSA) is 99.1 Å². The van der Waals surface area contributed by atoms with E-state index < -0.39 is 24.1 Å². The molecule has 0 aromatic carbocycles. The average molecular weight is 272 g/mol. The van der Waals surface area contributed by atoms with Crippen molar-refractivity contribution in [1.82, 2.24) is 10.2 Å². The van der Waals surface area contributed by atoms with Gasteiger partial charge in [-0.15, -0.1) is 0 Å². The van der Waals surface area contributed by atoms with Crippen molar-refractivity contribution in [3.8, 4) is 0 Å². The first-order valence-corrected chi connectivity index (χ1v) is 6.61. The Bertz CT molecular complexity index is 343. The first kappa shape index (κ1) is 14.1. The molecule has 2 fully saturated rings. The molecule has 0 saturated carbocycles. The number of ether oxygens (including phenoxy) is 1. The number of nitrogens with one attached hydrogen (secondary N) is 1. The second-order valence-electron chi connectivity index (χ2n) is 5.15. The zero-order chi connectivity index (χ0) is 13.8. The van der Waals surface area contributed by atoms with Gasteiger partial charge in [0.25, 0.3) is 0 Å². The van der Waals surface area contributed by atoms with Gasteiger partial charge >= 0.3 is 12.0 Å². The van der Waals surface area contributed by atoms with Crippen molar-refractivity contribution < 1.29 is 24.5 Å². The highest BCUT2D eigenvalue weighted by atomic mass is 16.5. The lowest BCUT2D eigenvalue weighted by atomic mass is 10.1. The van der Waals surface area contributed by atoms with Gasteiger partial charge in [-0.3, -0.25) is 0 Å². The number of urea groups is 1. The molecule has 3 N–H and O–H groups in total. The van der Waals surface area contributed by atoms with E-state index in [1.54, 1.807) is 0 Å². The van der Waals surface area contributed by atoms with Crippen molar-refractivity contribution in [2.75, 3.05) is 26.3 Å². The normalized spacial score (nSPS) is 30.6. The number of rotatable bonds is 4. The number of β-amino-alcohol motifs (C(OH)–C–C–N with tert-alkyl or cyclic N) is 1. The Morgan fingerprint density at radius 1 is 1.42 bits per heavy atom. The maximum atomic E-state index is 11.9. The summed E-state index contributed by atoms with van der Waals surface area (Å²) >= 11 is 0. The van der Waals surface area contributed by atoms with E-state index in [4.69, 9.17) is 9.84 Å². The molecule has 3 unspecified atom stereocenters. The van der Waals surface area contributed by atoms with E-state index in [0.717, 1.165) is 26.1 Å². The summed E-state index contributed by atoms with van der Waals surface area (Å²) < 4.78 is 5.24. The number of amides is 2. The highest BCUT2D eigenvalue weighted by Gasteiger charge is 2.38. The number of carbonyl (C=O) groups excluding carboxylic acids is 1. The number of carboxylic acid groups (broad SMARTS) is 1. The monoisotopic (exact) mass is 272 g/mol. The van der Waals surface area contributed by atoms with E-state index in [0.29, 0.717) is 12.5 Å². The van der Waals surface area contributed by atoms with Gasteiger partial charge in [-0.1, -0.05) is 0 Å². The van der Waals surface area contributed by atoms with Crippen molar-refractivity contribution in [1.29, 1.82) is 0 Å². The van der Waals surface area contributed by atoms with E-state index in [-0.39, 0.29) is 13.0 Å². The molecule has 2 amide bonds. The molecule has 0 spiro atoms. The van der Waals surface area contributed by atoms with Crippen LogP contribution < -0.4 is 5.32 Å². The molecular formula is C12H20N2O5. The van der Waals surface area contributed by atoms with Crippen molar-refractivity contribution in [3.63, 3.8) is 0 Å². The number of hydrogen-bond acceptors (Lipinski definition) is 4. The lowest BCUT2D eigenvalue weighted by Gasteiger charge is -2.21. The zero-order valence-electron chi connectivity index (χ0n) is 10.7. The molecule has 2 saturated heterocycles. The van der Waals surface area contributed by atoms with Crippen LogP contribution in [0.5, 0.6) is 0 Å². The van der Waals surface area contributed by atoms with Crippen molar-refractivity contribution >= 4 is 12.0 Å². The van der Waals surface area contributed by atoms with Crippen LogP contribution in [0, 0.1) is 5.92 Å². The van der Waals surface area contributed by atoms with Crippen LogP contribution in [0.25, 0.3) is 0 Å². The summed E-state index contributed by atoms with van der Waals surface area (Å²) in [6, 6.07) is -1.34. The first-order chi connectivity index (χ1) is 9.08. The first-order valence-electron chi connectivity index (χ1n) is 6.61. The van der Waals surface area contributed by atoms with Crippen molar-refractivity contribution in [2.45, 2.75) is 31.4 Å². The molecule has 2 heterocycles. The molecule has 0 aromatic rings. The third-order valence-electron chi connectivity index (χ3n) is 3.68. The molecule has 2 rings (SSSR count). The van der Waals surface area contributed by atoms with Gasteiger partial charge in [0.2, 0.25) is 0 Å².